The van der Waals surface area contributed by atoms with Crippen molar-refractivity contribution in [2.24, 2.45) is 0 Å². The highest BCUT2D eigenvalue weighted by Gasteiger charge is 2.17. The second kappa shape index (κ2) is 9.29. The van der Waals surface area contributed by atoms with Crippen LogP contribution in [-0.4, -0.2) is 12.5 Å². The molecule has 5 heteroatoms. The van der Waals surface area contributed by atoms with Gasteiger partial charge in [-0.05, 0) is 54.2 Å². The molecular weight excluding hydrogens is 369 g/mol. The molecule has 0 aliphatic carbocycles. The molecule has 0 unspecified atom stereocenters. The normalized spacial score (nSPS) is 11.3. The lowest BCUT2D eigenvalue weighted by Crippen LogP contribution is -2.15. The van der Waals surface area contributed by atoms with Gasteiger partial charge in [0.05, 0.1) is 17.3 Å². The quantitative estimate of drug-likeness (QED) is 0.521. The van der Waals surface area contributed by atoms with Crippen molar-refractivity contribution in [3.05, 3.63) is 58.1 Å². The van der Waals surface area contributed by atoms with Gasteiger partial charge in [0.1, 0.15) is 5.75 Å². The number of anilines is 1. The van der Waals surface area contributed by atoms with Crippen molar-refractivity contribution < 1.29 is 9.53 Å². The first-order chi connectivity index (χ1) is 12.3. The number of carbonyl (C=O) groups is 1. The highest BCUT2D eigenvalue weighted by Crippen LogP contribution is 2.28. The first-order valence-corrected chi connectivity index (χ1v) is 9.55. The van der Waals surface area contributed by atoms with Gasteiger partial charge in [-0.15, -0.1) is 0 Å². The summed E-state index contributed by atoms with van der Waals surface area (Å²) < 4.78 is 5.72. The van der Waals surface area contributed by atoms with Gasteiger partial charge in [-0.1, -0.05) is 56.1 Å². The zero-order valence-corrected chi connectivity index (χ0v) is 17.0. The van der Waals surface area contributed by atoms with Crippen LogP contribution in [0.4, 0.5) is 5.69 Å². The number of hydrogen-bond acceptors (Lipinski definition) is 2. The number of hydrogen-bond donors (Lipinski definition) is 1. The minimum atomic E-state index is -0.0992. The number of benzene rings is 2. The molecule has 1 amide bonds. The first-order valence-electron chi connectivity index (χ1n) is 8.80. The minimum absolute atomic E-state index is 0.0992. The fraction of sp³-hybridized carbons (Fsp3) is 0.381. The van der Waals surface area contributed by atoms with Gasteiger partial charge in [0.2, 0.25) is 5.91 Å². The van der Waals surface area contributed by atoms with E-state index in [0.717, 1.165) is 12.2 Å². The molecule has 2 aromatic carbocycles. The van der Waals surface area contributed by atoms with Crippen LogP contribution in [0.15, 0.2) is 42.5 Å². The molecule has 0 bridgehead atoms. The van der Waals surface area contributed by atoms with Crippen molar-refractivity contribution in [3.8, 4) is 5.75 Å². The molecule has 0 fully saturated rings. The Morgan fingerprint density at radius 2 is 1.81 bits per heavy atom. The maximum absolute atomic E-state index is 12.0. The van der Waals surface area contributed by atoms with Crippen molar-refractivity contribution >= 4 is 34.8 Å². The van der Waals surface area contributed by atoms with Gasteiger partial charge in [-0.3, -0.25) is 4.79 Å². The third-order valence-electron chi connectivity index (χ3n) is 4.54. The van der Waals surface area contributed by atoms with Gasteiger partial charge in [-0.25, -0.2) is 0 Å². The molecular formula is C21H25Cl2NO2. The first kappa shape index (κ1) is 20.6. The molecule has 0 saturated heterocycles. The molecule has 2 aromatic rings. The molecule has 140 valence electrons. The Balaban J connectivity index is 1.75. The van der Waals surface area contributed by atoms with E-state index in [1.54, 1.807) is 18.2 Å². The number of ether oxygens (including phenoxy) is 1. The Bertz CT molecular complexity index is 742. The zero-order valence-electron chi connectivity index (χ0n) is 15.4. The third kappa shape index (κ3) is 5.93. The van der Waals surface area contributed by atoms with Crippen LogP contribution in [0, 0.1) is 0 Å². The van der Waals surface area contributed by atoms with E-state index in [0.29, 0.717) is 35.2 Å². The van der Waals surface area contributed by atoms with Crippen molar-refractivity contribution in [2.45, 2.75) is 45.4 Å². The minimum Gasteiger partial charge on any atom is -0.494 e. The molecule has 26 heavy (non-hydrogen) atoms. The lowest BCUT2D eigenvalue weighted by atomic mass is 9.82. The topological polar surface area (TPSA) is 38.3 Å². The summed E-state index contributed by atoms with van der Waals surface area (Å²) in [7, 11) is 0. The Morgan fingerprint density at radius 1 is 1.12 bits per heavy atom. The second-order valence-electron chi connectivity index (χ2n) is 6.89. The van der Waals surface area contributed by atoms with E-state index < -0.39 is 0 Å². The molecule has 0 aliphatic rings. The maximum atomic E-state index is 12.0. The highest BCUT2D eigenvalue weighted by molar-refractivity contribution is 6.36. The van der Waals surface area contributed by atoms with E-state index in [1.807, 2.05) is 12.1 Å². The van der Waals surface area contributed by atoms with Gasteiger partial charge in [-0.2, -0.15) is 0 Å². The van der Waals surface area contributed by atoms with Crippen LogP contribution in [0.25, 0.3) is 0 Å². The van der Waals surface area contributed by atoms with E-state index in [9.17, 15) is 4.79 Å². The van der Waals surface area contributed by atoms with E-state index in [-0.39, 0.29) is 11.3 Å². The Kier molecular flexibility index (Phi) is 7.36. The summed E-state index contributed by atoms with van der Waals surface area (Å²) >= 11 is 11.9. The lowest BCUT2D eigenvalue weighted by molar-refractivity contribution is -0.116. The molecule has 3 nitrogen and oxygen atoms in total. The fourth-order valence-electron chi connectivity index (χ4n) is 2.43. The summed E-state index contributed by atoms with van der Waals surface area (Å²) in [5, 5.41) is 3.75. The van der Waals surface area contributed by atoms with Crippen molar-refractivity contribution in [1.29, 1.82) is 0 Å². The summed E-state index contributed by atoms with van der Waals surface area (Å²) in [6.45, 7) is 7.13. The van der Waals surface area contributed by atoms with Crippen LogP contribution in [0.5, 0.6) is 5.75 Å². The van der Waals surface area contributed by atoms with Crippen molar-refractivity contribution in [1.82, 2.24) is 0 Å². The number of rotatable bonds is 8. The Hall–Kier alpha value is -1.71. The Labute approximate surface area is 165 Å². The van der Waals surface area contributed by atoms with Crippen LogP contribution < -0.4 is 10.1 Å². The molecule has 0 aliphatic heterocycles. The monoisotopic (exact) mass is 393 g/mol. The van der Waals surface area contributed by atoms with Crippen LogP contribution in [0.1, 0.15) is 45.6 Å². The molecule has 0 saturated carbocycles. The highest BCUT2D eigenvalue weighted by atomic mass is 35.5. The molecule has 2 rings (SSSR count). The average molecular weight is 394 g/mol. The van der Waals surface area contributed by atoms with Crippen LogP contribution in [0.2, 0.25) is 10.0 Å². The van der Waals surface area contributed by atoms with Gasteiger partial charge in [0.15, 0.2) is 0 Å². The van der Waals surface area contributed by atoms with Gasteiger partial charge >= 0.3 is 0 Å². The van der Waals surface area contributed by atoms with Gasteiger partial charge < -0.3 is 10.1 Å². The van der Waals surface area contributed by atoms with E-state index in [2.05, 4.69) is 38.2 Å². The van der Waals surface area contributed by atoms with Gasteiger partial charge in [0.25, 0.3) is 0 Å². The standard InChI is InChI=1S/C21H25Cl2NO2/c1-4-21(2,3)15-7-10-17(11-8-15)26-13-5-6-20(25)24-19-12-9-16(22)14-18(19)23/h7-12,14H,4-6,13H2,1-3H3,(H,24,25). The van der Waals surface area contributed by atoms with E-state index in [1.165, 1.54) is 5.56 Å². The molecule has 1 N–H and O–H groups in total. The van der Waals surface area contributed by atoms with Crippen LogP contribution >= 0.6 is 23.2 Å². The summed E-state index contributed by atoms with van der Waals surface area (Å²) in [4.78, 5) is 12.0. The number of amides is 1. The SMILES string of the molecule is CCC(C)(C)c1ccc(OCCCC(=O)Nc2ccc(Cl)cc2Cl)cc1. The van der Waals surface area contributed by atoms with Crippen LogP contribution in [0.3, 0.4) is 0 Å². The molecule has 0 aromatic heterocycles. The third-order valence-corrected chi connectivity index (χ3v) is 5.09. The second-order valence-corrected chi connectivity index (χ2v) is 7.73. The number of carbonyl (C=O) groups excluding carboxylic acids is 1. The molecule has 0 heterocycles. The largest absolute Gasteiger partial charge is 0.494 e. The number of halogens is 2. The summed E-state index contributed by atoms with van der Waals surface area (Å²) in [5.41, 5.74) is 2.03. The van der Waals surface area contributed by atoms with Crippen LogP contribution in [-0.2, 0) is 10.2 Å². The Morgan fingerprint density at radius 3 is 2.42 bits per heavy atom. The summed E-state index contributed by atoms with van der Waals surface area (Å²) in [6.07, 6.45) is 2.07. The smallest absolute Gasteiger partial charge is 0.224 e. The molecule has 0 atom stereocenters. The van der Waals surface area contributed by atoms with Gasteiger partial charge in [0, 0.05) is 11.4 Å². The molecule has 0 spiro atoms. The fourth-order valence-corrected chi connectivity index (χ4v) is 2.89. The lowest BCUT2D eigenvalue weighted by Gasteiger charge is -2.23. The average Bonchev–Trinajstić information content (AvgIpc) is 2.61. The predicted octanol–water partition coefficient (Wildman–Crippen LogP) is 6.48. The van der Waals surface area contributed by atoms with Crippen molar-refractivity contribution in [2.75, 3.05) is 11.9 Å². The predicted molar refractivity (Wildman–Crippen MR) is 110 cm³/mol. The van der Waals surface area contributed by atoms with E-state index >= 15 is 0 Å². The number of nitrogens with one attached hydrogen (secondary N) is 1. The van der Waals surface area contributed by atoms with E-state index in [4.69, 9.17) is 27.9 Å². The summed E-state index contributed by atoms with van der Waals surface area (Å²) in [6, 6.07) is 13.2. The maximum Gasteiger partial charge on any atom is 0.224 e. The zero-order chi connectivity index (χ0) is 19.2. The summed E-state index contributed by atoms with van der Waals surface area (Å²) in [5.74, 6) is 0.722. The molecule has 0 radical (unpaired) electrons. The van der Waals surface area contributed by atoms with Crippen molar-refractivity contribution in [3.63, 3.8) is 0 Å².